The molecule has 8 heteroatoms. The molecule has 0 fully saturated rings. The molecule has 1 rings (SSSR count). The van der Waals surface area contributed by atoms with Gasteiger partial charge in [0, 0.05) is 32.5 Å². The van der Waals surface area contributed by atoms with Crippen LogP contribution in [0.4, 0.5) is 4.79 Å². The number of amides is 3. The fourth-order valence-corrected chi connectivity index (χ4v) is 2.22. The van der Waals surface area contributed by atoms with Crippen molar-refractivity contribution in [3.63, 3.8) is 0 Å². The Morgan fingerprint density at radius 2 is 1.43 bits per heavy atom. The number of hydrogen-bond acceptors (Lipinski definition) is 5. The predicted octanol–water partition coefficient (Wildman–Crippen LogP) is 1.77. The molecule has 28 heavy (non-hydrogen) atoms. The molecule has 0 aromatic heterocycles. The average Bonchev–Trinajstić information content (AvgIpc) is 2.62. The summed E-state index contributed by atoms with van der Waals surface area (Å²) in [6, 6.07) is 7.58. The SMILES string of the molecule is COc1ccc(CCC(=O)NCCNC(=O)CCNC(=O)OC(C)(C)C)cc1. The highest BCUT2D eigenvalue weighted by atomic mass is 16.6. The molecule has 0 saturated carbocycles. The van der Waals surface area contributed by atoms with Crippen molar-refractivity contribution in [2.45, 2.75) is 45.6 Å². The van der Waals surface area contributed by atoms with Crippen LogP contribution in [0.25, 0.3) is 0 Å². The van der Waals surface area contributed by atoms with Crippen LogP contribution in [-0.2, 0) is 20.7 Å². The maximum atomic E-state index is 11.8. The van der Waals surface area contributed by atoms with Crippen molar-refractivity contribution in [3.05, 3.63) is 29.8 Å². The van der Waals surface area contributed by atoms with Crippen LogP contribution in [0, 0.1) is 0 Å². The smallest absolute Gasteiger partial charge is 0.407 e. The molecule has 8 nitrogen and oxygen atoms in total. The molecule has 3 N–H and O–H groups in total. The third-order valence-corrected chi connectivity index (χ3v) is 3.59. The highest BCUT2D eigenvalue weighted by Crippen LogP contribution is 2.12. The van der Waals surface area contributed by atoms with Crippen LogP contribution in [0.5, 0.6) is 5.75 Å². The lowest BCUT2D eigenvalue weighted by Gasteiger charge is -2.19. The first-order chi connectivity index (χ1) is 13.2. The first kappa shape index (κ1) is 23.3. The summed E-state index contributed by atoms with van der Waals surface area (Å²) < 4.78 is 10.2. The molecule has 0 atom stereocenters. The quantitative estimate of drug-likeness (QED) is 0.526. The second-order valence-corrected chi connectivity index (χ2v) is 7.23. The van der Waals surface area contributed by atoms with E-state index in [4.69, 9.17) is 9.47 Å². The normalized spacial score (nSPS) is 10.7. The summed E-state index contributed by atoms with van der Waals surface area (Å²) >= 11 is 0. The third kappa shape index (κ3) is 11.1. The first-order valence-corrected chi connectivity index (χ1v) is 9.33. The van der Waals surface area contributed by atoms with Gasteiger partial charge in [0.05, 0.1) is 7.11 Å². The number of alkyl carbamates (subject to hydrolysis) is 1. The van der Waals surface area contributed by atoms with E-state index < -0.39 is 11.7 Å². The molecule has 1 aromatic rings. The number of hydrogen-bond donors (Lipinski definition) is 3. The standard InChI is InChI=1S/C20H31N3O5/c1-20(2,3)28-19(26)23-12-11-18(25)22-14-13-21-17(24)10-7-15-5-8-16(27-4)9-6-15/h5-6,8-9H,7,10-14H2,1-4H3,(H,21,24)(H,22,25)(H,23,26). The van der Waals surface area contributed by atoms with E-state index in [9.17, 15) is 14.4 Å². The van der Waals surface area contributed by atoms with Crippen LogP contribution in [0.15, 0.2) is 24.3 Å². The molecule has 0 aliphatic heterocycles. The van der Waals surface area contributed by atoms with Crippen molar-refractivity contribution < 1.29 is 23.9 Å². The lowest BCUT2D eigenvalue weighted by atomic mass is 10.1. The minimum atomic E-state index is -0.572. The molecule has 0 bridgehead atoms. The molecule has 1 aromatic carbocycles. The maximum Gasteiger partial charge on any atom is 0.407 e. The fraction of sp³-hybridized carbons (Fsp3) is 0.550. The van der Waals surface area contributed by atoms with E-state index in [2.05, 4.69) is 16.0 Å². The largest absolute Gasteiger partial charge is 0.497 e. The summed E-state index contributed by atoms with van der Waals surface area (Å²) in [5.41, 5.74) is 0.486. The number of carbonyl (C=O) groups is 3. The molecular weight excluding hydrogens is 362 g/mol. The van der Waals surface area contributed by atoms with Gasteiger partial charge in [-0.3, -0.25) is 9.59 Å². The molecule has 0 radical (unpaired) electrons. The number of benzene rings is 1. The summed E-state index contributed by atoms with van der Waals surface area (Å²) in [5.74, 6) is 0.505. The van der Waals surface area contributed by atoms with E-state index in [0.717, 1.165) is 11.3 Å². The number of rotatable bonds is 10. The lowest BCUT2D eigenvalue weighted by Crippen LogP contribution is -2.37. The van der Waals surface area contributed by atoms with Gasteiger partial charge in [-0.1, -0.05) is 12.1 Å². The molecule has 0 heterocycles. The van der Waals surface area contributed by atoms with Crippen molar-refractivity contribution in [2.24, 2.45) is 0 Å². The Hall–Kier alpha value is -2.77. The maximum absolute atomic E-state index is 11.8. The van der Waals surface area contributed by atoms with Gasteiger partial charge in [-0.15, -0.1) is 0 Å². The second-order valence-electron chi connectivity index (χ2n) is 7.23. The first-order valence-electron chi connectivity index (χ1n) is 9.33. The van der Waals surface area contributed by atoms with Crippen LogP contribution in [-0.4, -0.2) is 50.3 Å². The van der Waals surface area contributed by atoms with Gasteiger partial charge in [-0.2, -0.15) is 0 Å². The summed E-state index contributed by atoms with van der Waals surface area (Å²) in [4.78, 5) is 35.0. The van der Waals surface area contributed by atoms with Crippen LogP contribution >= 0.6 is 0 Å². The Kier molecular flexibility index (Phi) is 9.84. The molecule has 3 amide bonds. The Morgan fingerprint density at radius 1 is 0.857 bits per heavy atom. The van der Waals surface area contributed by atoms with Crippen molar-refractivity contribution >= 4 is 17.9 Å². The van der Waals surface area contributed by atoms with Gasteiger partial charge < -0.3 is 25.4 Å². The van der Waals surface area contributed by atoms with Crippen LogP contribution in [0.1, 0.15) is 39.2 Å². The van der Waals surface area contributed by atoms with E-state index in [1.807, 2.05) is 24.3 Å². The summed E-state index contributed by atoms with van der Waals surface area (Å²) in [6.07, 6.45) is 0.605. The molecule has 0 unspecified atom stereocenters. The Labute approximate surface area is 166 Å². The minimum Gasteiger partial charge on any atom is -0.497 e. The lowest BCUT2D eigenvalue weighted by molar-refractivity contribution is -0.122. The van der Waals surface area contributed by atoms with Crippen molar-refractivity contribution in [2.75, 3.05) is 26.7 Å². The molecule has 0 spiro atoms. The molecule has 156 valence electrons. The van der Waals surface area contributed by atoms with Crippen LogP contribution < -0.4 is 20.7 Å². The number of ether oxygens (including phenoxy) is 2. The summed E-state index contributed by atoms with van der Waals surface area (Å²) in [7, 11) is 1.61. The topological polar surface area (TPSA) is 106 Å². The van der Waals surface area contributed by atoms with E-state index >= 15 is 0 Å². The fourth-order valence-electron chi connectivity index (χ4n) is 2.22. The third-order valence-electron chi connectivity index (χ3n) is 3.59. The van der Waals surface area contributed by atoms with Gasteiger partial charge in [-0.05, 0) is 44.9 Å². The highest BCUT2D eigenvalue weighted by Gasteiger charge is 2.15. The van der Waals surface area contributed by atoms with Crippen molar-refractivity contribution in [1.29, 1.82) is 0 Å². The minimum absolute atomic E-state index is 0.0725. The van der Waals surface area contributed by atoms with Gasteiger partial charge in [0.2, 0.25) is 11.8 Å². The van der Waals surface area contributed by atoms with Crippen molar-refractivity contribution in [3.8, 4) is 5.75 Å². The van der Waals surface area contributed by atoms with Crippen molar-refractivity contribution in [1.82, 2.24) is 16.0 Å². The number of methoxy groups -OCH3 is 1. The van der Waals surface area contributed by atoms with Gasteiger partial charge >= 0.3 is 6.09 Å². The Balaban J connectivity index is 2.08. The van der Waals surface area contributed by atoms with Crippen LogP contribution in [0.2, 0.25) is 0 Å². The van der Waals surface area contributed by atoms with Crippen LogP contribution in [0.3, 0.4) is 0 Å². The Morgan fingerprint density at radius 3 is 1.96 bits per heavy atom. The molecule has 0 saturated heterocycles. The average molecular weight is 393 g/mol. The van der Waals surface area contributed by atoms with Gasteiger partial charge in [0.15, 0.2) is 0 Å². The zero-order chi connectivity index (χ0) is 21.0. The monoisotopic (exact) mass is 393 g/mol. The van der Waals surface area contributed by atoms with E-state index in [-0.39, 0.29) is 24.8 Å². The van der Waals surface area contributed by atoms with E-state index in [1.54, 1.807) is 27.9 Å². The number of aryl methyl sites for hydroxylation is 1. The Bertz CT molecular complexity index is 638. The zero-order valence-electron chi connectivity index (χ0n) is 17.1. The van der Waals surface area contributed by atoms with E-state index in [1.165, 1.54) is 0 Å². The van der Waals surface area contributed by atoms with E-state index in [0.29, 0.717) is 25.9 Å². The second kappa shape index (κ2) is 11.8. The molecular formula is C20H31N3O5. The van der Waals surface area contributed by atoms with Gasteiger partial charge in [0.25, 0.3) is 0 Å². The molecule has 0 aliphatic carbocycles. The zero-order valence-corrected chi connectivity index (χ0v) is 17.1. The highest BCUT2D eigenvalue weighted by molar-refractivity contribution is 5.77. The summed E-state index contributed by atoms with van der Waals surface area (Å²) in [6.45, 7) is 6.18. The van der Waals surface area contributed by atoms with Gasteiger partial charge in [0.1, 0.15) is 11.4 Å². The molecule has 0 aliphatic rings. The van der Waals surface area contributed by atoms with Gasteiger partial charge in [-0.25, -0.2) is 4.79 Å². The number of nitrogens with one attached hydrogen (secondary N) is 3. The predicted molar refractivity (Wildman–Crippen MR) is 106 cm³/mol. The summed E-state index contributed by atoms with van der Waals surface area (Å²) in [5, 5.41) is 7.97. The number of carbonyl (C=O) groups excluding carboxylic acids is 3.